The van der Waals surface area contributed by atoms with Crippen molar-refractivity contribution in [3.8, 4) is 11.5 Å². The van der Waals surface area contributed by atoms with Crippen LogP contribution in [0.2, 0.25) is 0 Å². The number of carbonyl (C=O) groups excluding carboxylic acids is 1. The van der Waals surface area contributed by atoms with Crippen molar-refractivity contribution < 1.29 is 18.7 Å². The van der Waals surface area contributed by atoms with E-state index in [0.717, 1.165) is 42.8 Å². The maximum Gasteiger partial charge on any atom is 0.257 e. The topological polar surface area (TPSA) is 54.4 Å². The number of carbonyl (C=O) groups is 1. The summed E-state index contributed by atoms with van der Waals surface area (Å²) in [6.07, 6.45) is 2.73. The highest BCUT2D eigenvalue weighted by atomic mass is 19.1. The molecular formula is C25H30FN3O3. The van der Waals surface area contributed by atoms with Gasteiger partial charge in [-0.3, -0.25) is 9.69 Å². The maximum atomic E-state index is 13.4. The third-order valence-corrected chi connectivity index (χ3v) is 6.38. The van der Waals surface area contributed by atoms with E-state index in [1.807, 2.05) is 18.2 Å². The van der Waals surface area contributed by atoms with Crippen molar-refractivity contribution in [3.63, 3.8) is 0 Å². The van der Waals surface area contributed by atoms with Crippen molar-refractivity contribution in [2.24, 2.45) is 11.0 Å². The minimum atomic E-state index is -0.299. The summed E-state index contributed by atoms with van der Waals surface area (Å²) in [7, 11) is 3.21. The van der Waals surface area contributed by atoms with E-state index in [0.29, 0.717) is 30.4 Å². The van der Waals surface area contributed by atoms with Gasteiger partial charge < -0.3 is 9.47 Å². The van der Waals surface area contributed by atoms with Gasteiger partial charge >= 0.3 is 0 Å². The summed E-state index contributed by atoms with van der Waals surface area (Å²) in [5.74, 6) is 1.69. The largest absolute Gasteiger partial charge is 0.497 e. The Kier molecular flexibility index (Phi) is 6.74. The van der Waals surface area contributed by atoms with E-state index >= 15 is 0 Å². The Bertz CT molecular complexity index is 984. The predicted octanol–water partition coefficient (Wildman–Crippen LogP) is 4.25. The molecule has 0 bridgehead atoms. The average molecular weight is 440 g/mol. The van der Waals surface area contributed by atoms with Crippen LogP contribution in [0.1, 0.15) is 43.4 Å². The molecule has 1 amide bonds. The number of amides is 1. The van der Waals surface area contributed by atoms with Gasteiger partial charge in [-0.15, -0.1) is 0 Å². The number of rotatable bonds is 6. The minimum Gasteiger partial charge on any atom is -0.497 e. The fraction of sp³-hybridized carbons (Fsp3) is 0.440. The first kappa shape index (κ1) is 22.3. The fourth-order valence-corrected chi connectivity index (χ4v) is 4.38. The van der Waals surface area contributed by atoms with Gasteiger partial charge in [-0.1, -0.05) is 19.1 Å². The molecule has 0 unspecified atom stereocenters. The van der Waals surface area contributed by atoms with Crippen molar-refractivity contribution in [1.29, 1.82) is 0 Å². The number of nitrogens with zero attached hydrogens (tertiary/aromatic N) is 3. The molecule has 0 aliphatic carbocycles. The van der Waals surface area contributed by atoms with E-state index in [2.05, 4.69) is 11.8 Å². The molecule has 4 rings (SSSR count). The Hall–Kier alpha value is -2.93. The van der Waals surface area contributed by atoms with Crippen LogP contribution in [0.4, 0.5) is 4.39 Å². The van der Waals surface area contributed by atoms with Crippen molar-refractivity contribution in [2.75, 3.05) is 33.9 Å². The average Bonchev–Trinajstić information content (AvgIpc) is 3.26. The Morgan fingerprint density at radius 3 is 2.47 bits per heavy atom. The fourth-order valence-electron chi connectivity index (χ4n) is 4.38. The SMILES string of the molecule is COc1ccc([C@H]2CC(c3ccc(F)cc3)=NN2C(=O)CN2CCC(C)CC2)c(OC)c1. The number of halogens is 1. The number of piperidine rings is 1. The third-order valence-electron chi connectivity index (χ3n) is 6.38. The monoisotopic (exact) mass is 439 g/mol. The summed E-state index contributed by atoms with van der Waals surface area (Å²) >= 11 is 0. The van der Waals surface area contributed by atoms with Gasteiger partial charge in [0.15, 0.2) is 0 Å². The zero-order valence-corrected chi connectivity index (χ0v) is 18.9. The highest BCUT2D eigenvalue weighted by Crippen LogP contribution is 2.39. The molecule has 2 aromatic rings. The van der Waals surface area contributed by atoms with E-state index in [1.165, 1.54) is 12.1 Å². The molecule has 7 heteroatoms. The summed E-state index contributed by atoms with van der Waals surface area (Å²) in [5.41, 5.74) is 2.44. The van der Waals surface area contributed by atoms with E-state index in [-0.39, 0.29) is 17.8 Å². The number of likely N-dealkylation sites (tertiary alicyclic amines) is 1. The quantitative estimate of drug-likeness (QED) is 0.675. The molecule has 2 heterocycles. The first-order chi connectivity index (χ1) is 15.5. The molecule has 0 spiro atoms. The van der Waals surface area contributed by atoms with Gasteiger partial charge in [0.2, 0.25) is 0 Å². The molecule has 0 radical (unpaired) electrons. The second-order valence-electron chi connectivity index (χ2n) is 8.58. The second kappa shape index (κ2) is 9.69. The van der Waals surface area contributed by atoms with Crippen molar-refractivity contribution in [1.82, 2.24) is 9.91 Å². The van der Waals surface area contributed by atoms with Gasteiger partial charge in [0.1, 0.15) is 17.3 Å². The normalized spacial score (nSPS) is 19.7. The molecular weight excluding hydrogens is 409 g/mol. The number of benzene rings is 2. The van der Waals surface area contributed by atoms with Gasteiger partial charge in [-0.25, -0.2) is 9.40 Å². The van der Waals surface area contributed by atoms with Crippen molar-refractivity contribution >= 4 is 11.6 Å². The number of hydrogen-bond acceptors (Lipinski definition) is 5. The lowest BCUT2D eigenvalue weighted by molar-refractivity contribution is -0.134. The molecule has 0 aromatic heterocycles. The van der Waals surface area contributed by atoms with Crippen LogP contribution >= 0.6 is 0 Å². The molecule has 32 heavy (non-hydrogen) atoms. The zero-order valence-electron chi connectivity index (χ0n) is 18.9. The molecule has 0 saturated carbocycles. The zero-order chi connectivity index (χ0) is 22.7. The molecule has 0 N–H and O–H groups in total. The first-order valence-corrected chi connectivity index (χ1v) is 11.1. The second-order valence-corrected chi connectivity index (χ2v) is 8.58. The Labute approximate surface area is 188 Å². The smallest absolute Gasteiger partial charge is 0.257 e. The van der Waals surface area contributed by atoms with Gasteiger partial charge in [-0.2, -0.15) is 5.10 Å². The highest BCUT2D eigenvalue weighted by molar-refractivity contribution is 6.03. The van der Waals surface area contributed by atoms with E-state index in [1.54, 1.807) is 31.4 Å². The Morgan fingerprint density at radius 1 is 1.09 bits per heavy atom. The molecule has 2 aromatic carbocycles. The molecule has 170 valence electrons. The van der Waals surface area contributed by atoms with Crippen LogP contribution in [0, 0.1) is 11.7 Å². The van der Waals surface area contributed by atoms with Crippen LogP contribution < -0.4 is 9.47 Å². The van der Waals surface area contributed by atoms with Crippen LogP contribution in [-0.4, -0.2) is 55.4 Å². The summed E-state index contributed by atoms with van der Waals surface area (Å²) in [5, 5.41) is 6.29. The summed E-state index contributed by atoms with van der Waals surface area (Å²) in [4.78, 5) is 15.6. The lowest BCUT2D eigenvalue weighted by Gasteiger charge is -2.31. The Balaban J connectivity index is 1.63. The first-order valence-electron chi connectivity index (χ1n) is 11.1. The minimum absolute atomic E-state index is 0.0421. The summed E-state index contributed by atoms with van der Waals surface area (Å²) < 4.78 is 24.4. The van der Waals surface area contributed by atoms with Gasteiger partial charge in [-0.05, 0) is 61.7 Å². The van der Waals surface area contributed by atoms with Crippen LogP contribution in [0.15, 0.2) is 47.6 Å². The maximum absolute atomic E-state index is 13.4. The van der Waals surface area contributed by atoms with E-state index < -0.39 is 0 Å². The molecule has 2 aliphatic rings. The lowest BCUT2D eigenvalue weighted by atomic mass is 9.97. The standard InChI is InChI=1S/C25H30FN3O3/c1-17-10-12-28(13-11-17)16-25(30)29-23(21-9-8-20(31-2)14-24(21)32-3)15-22(27-29)18-4-6-19(26)7-5-18/h4-9,14,17,23H,10-13,15-16H2,1-3H3/t23-/m1/s1. The van der Waals surface area contributed by atoms with Crippen molar-refractivity contribution in [2.45, 2.75) is 32.2 Å². The van der Waals surface area contributed by atoms with Gasteiger partial charge in [0.05, 0.1) is 32.5 Å². The third kappa shape index (κ3) is 4.78. The molecule has 1 fully saturated rings. The lowest BCUT2D eigenvalue weighted by Crippen LogP contribution is -2.41. The molecule has 2 aliphatic heterocycles. The molecule has 1 atom stereocenters. The molecule has 1 saturated heterocycles. The number of methoxy groups -OCH3 is 2. The number of hydrogen-bond donors (Lipinski definition) is 0. The summed E-state index contributed by atoms with van der Waals surface area (Å²) in [6.45, 7) is 4.43. The van der Waals surface area contributed by atoms with Crippen LogP contribution in [0.5, 0.6) is 11.5 Å². The van der Waals surface area contributed by atoms with E-state index in [4.69, 9.17) is 14.6 Å². The van der Waals surface area contributed by atoms with Crippen molar-refractivity contribution in [3.05, 3.63) is 59.4 Å². The van der Waals surface area contributed by atoms with Crippen LogP contribution in [0.25, 0.3) is 0 Å². The summed E-state index contributed by atoms with van der Waals surface area (Å²) in [6, 6.07) is 11.6. The predicted molar refractivity (Wildman–Crippen MR) is 122 cm³/mol. The molecule has 6 nitrogen and oxygen atoms in total. The van der Waals surface area contributed by atoms with Crippen LogP contribution in [-0.2, 0) is 4.79 Å². The Morgan fingerprint density at radius 2 is 1.81 bits per heavy atom. The van der Waals surface area contributed by atoms with Gasteiger partial charge in [0, 0.05) is 18.1 Å². The number of hydrazone groups is 1. The van der Waals surface area contributed by atoms with Crippen LogP contribution in [0.3, 0.4) is 0 Å². The van der Waals surface area contributed by atoms with E-state index in [9.17, 15) is 9.18 Å². The highest BCUT2D eigenvalue weighted by Gasteiger charge is 2.35. The van der Waals surface area contributed by atoms with Gasteiger partial charge in [0.25, 0.3) is 5.91 Å². The number of ether oxygens (including phenoxy) is 2.